The van der Waals surface area contributed by atoms with E-state index < -0.39 is 16.0 Å². The van der Waals surface area contributed by atoms with Crippen molar-refractivity contribution < 1.29 is 18.3 Å². The number of sulfonamides is 1. The number of carboxylic acids is 1. The van der Waals surface area contributed by atoms with E-state index in [0.717, 1.165) is 16.7 Å². The Morgan fingerprint density at radius 2 is 1.76 bits per heavy atom. The molecular formula is C13H13N3O4S. The first-order chi connectivity index (χ1) is 9.91. The topological polar surface area (TPSA) is 100 Å². The average Bonchev–Trinajstić information content (AvgIpc) is 2.48. The summed E-state index contributed by atoms with van der Waals surface area (Å²) in [6.07, 6.45) is 2.29. The molecule has 0 spiro atoms. The molecule has 0 fully saturated rings. The number of hydrogen-bond donors (Lipinski definition) is 1. The summed E-state index contributed by atoms with van der Waals surface area (Å²) in [4.78, 5) is 18.6. The van der Waals surface area contributed by atoms with E-state index >= 15 is 0 Å². The van der Waals surface area contributed by atoms with Gasteiger partial charge in [-0.05, 0) is 12.1 Å². The van der Waals surface area contributed by atoms with Crippen LogP contribution in [-0.4, -0.2) is 40.8 Å². The molecule has 0 amide bonds. The Morgan fingerprint density at radius 3 is 2.29 bits per heavy atom. The molecule has 0 unspecified atom stereocenters. The smallest absolute Gasteiger partial charge is 0.338 e. The molecule has 1 heterocycles. The van der Waals surface area contributed by atoms with E-state index in [0.29, 0.717) is 0 Å². The molecule has 21 heavy (non-hydrogen) atoms. The lowest BCUT2D eigenvalue weighted by molar-refractivity contribution is 0.0696. The zero-order chi connectivity index (χ0) is 15.5. The Morgan fingerprint density at radius 1 is 1.19 bits per heavy atom. The second-order valence-corrected chi connectivity index (χ2v) is 6.31. The molecular weight excluding hydrogens is 294 g/mol. The molecule has 8 heteroatoms. The highest BCUT2D eigenvalue weighted by Gasteiger charge is 2.21. The van der Waals surface area contributed by atoms with Crippen LogP contribution in [0.3, 0.4) is 0 Å². The van der Waals surface area contributed by atoms with Gasteiger partial charge in [-0.1, -0.05) is 18.2 Å². The van der Waals surface area contributed by atoms with Gasteiger partial charge in [0.1, 0.15) is 5.82 Å². The molecule has 0 aliphatic heterocycles. The van der Waals surface area contributed by atoms with Gasteiger partial charge in [0.05, 0.1) is 17.0 Å². The summed E-state index contributed by atoms with van der Waals surface area (Å²) in [5, 5.41) is 8.75. The van der Waals surface area contributed by atoms with Crippen molar-refractivity contribution in [2.45, 2.75) is 11.4 Å². The Hall–Kier alpha value is -2.32. The molecule has 2 aromatic rings. The van der Waals surface area contributed by atoms with Crippen LogP contribution < -0.4 is 0 Å². The molecule has 2 rings (SSSR count). The zero-order valence-electron chi connectivity index (χ0n) is 11.2. The van der Waals surface area contributed by atoms with Crippen LogP contribution >= 0.6 is 0 Å². The summed E-state index contributed by atoms with van der Waals surface area (Å²) in [6.45, 7) is -0.0445. The van der Waals surface area contributed by atoms with Crippen LogP contribution in [0, 0.1) is 0 Å². The van der Waals surface area contributed by atoms with Crippen LogP contribution in [0.15, 0.2) is 47.6 Å². The van der Waals surface area contributed by atoms with Crippen molar-refractivity contribution in [3.63, 3.8) is 0 Å². The second kappa shape index (κ2) is 5.98. The van der Waals surface area contributed by atoms with E-state index in [2.05, 4.69) is 9.97 Å². The van der Waals surface area contributed by atoms with Gasteiger partial charge in [-0.2, -0.15) is 4.31 Å². The quantitative estimate of drug-likeness (QED) is 0.884. The summed E-state index contributed by atoms with van der Waals surface area (Å²) in [5.41, 5.74) is -0.0488. The van der Waals surface area contributed by atoms with Gasteiger partial charge in [0.25, 0.3) is 0 Å². The fourth-order valence-corrected chi connectivity index (χ4v) is 2.75. The zero-order valence-corrected chi connectivity index (χ0v) is 12.0. The van der Waals surface area contributed by atoms with Crippen molar-refractivity contribution in [2.24, 2.45) is 0 Å². The van der Waals surface area contributed by atoms with Gasteiger partial charge in [0, 0.05) is 19.4 Å². The molecule has 7 nitrogen and oxygen atoms in total. The maximum Gasteiger partial charge on any atom is 0.338 e. The first-order valence-electron chi connectivity index (χ1n) is 5.97. The minimum absolute atomic E-state index is 0.0445. The van der Waals surface area contributed by atoms with Crippen molar-refractivity contribution >= 4 is 16.0 Å². The Bertz CT molecular complexity index is 730. The van der Waals surface area contributed by atoms with E-state index in [1.807, 2.05) is 0 Å². The number of nitrogens with zero attached hydrogens (tertiary/aromatic N) is 3. The maximum absolute atomic E-state index is 12.3. The Labute approximate surface area is 121 Å². The monoisotopic (exact) mass is 307 g/mol. The Balaban J connectivity index is 2.18. The summed E-state index contributed by atoms with van der Waals surface area (Å²) in [5.74, 6) is -0.909. The van der Waals surface area contributed by atoms with Crippen LogP contribution in [0.1, 0.15) is 16.2 Å². The predicted octanol–water partition coefficient (Wildman–Crippen LogP) is 0.996. The highest BCUT2D eigenvalue weighted by atomic mass is 32.2. The number of aromatic nitrogens is 2. The summed E-state index contributed by atoms with van der Waals surface area (Å²) in [7, 11) is -2.21. The SMILES string of the molecule is CN(Cc1ncc(C(=O)O)cn1)S(=O)(=O)c1ccccc1. The third-order valence-corrected chi connectivity index (χ3v) is 4.59. The van der Waals surface area contributed by atoms with Crippen molar-refractivity contribution in [1.29, 1.82) is 0 Å². The molecule has 0 saturated heterocycles. The largest absolute Gasteiger partial charge is 0.478 e. The van der Waals surface area contributed by atoms with Crippen LogP contribution in [-0.2, 0) is 16.6 Å². The minimum Gasteiger partial charge on any atom is -0.478 e. The standard InChI is InChI=1S/C13H13N3O4S/c1-16(21(19,20)11-5-3-2-4-6-11)9-12-14-7-10(8-15-12)13(17)18/h2-8H,9H2,1H3,(H,17,18). The van der Waals surface area contributed by atoms with Gasteiger partial charge in [-0.25, -0.2) is 23.2 Å². The van der Waals surface area contributed by atoms with Crippen molar-refractivity contribution in [1.82, 2.24) is 14.3 Å². The van der Waals surface area contributed by atoms with Crippen molar-refractivity contribution in [3.05, 3.63) is 54.1 Å². The number of rotatable bonds is 5. The molecule has 1 N–H and O–H groups in total. The molecule has 110 valence electrons. The van der Waals surface area contributed by atoms with E-state index in [1.54, 1.807) is 18.2 Å². The van der Waals surface area contributed by atoms with Crippen LogP contribution in [0.25, 0.3) is 0 Å². The second-order valence-electron chi connectivity index (χ2n) is 4.27. The molecule has 0 bridgehead atoms. The van der Waals surface area contributed by atoms with Crippen LogP contribution in [0.4, 0.5) is 0 Å². The lowest BCUT2D eigenvalue weighted by Gasteiger charge is -2.16. The lowest BCUT2D eigenvalue weighted by Crippen LogP contribution is -2.27. The minimum atomic E-state index is -3.63. The van der Waals surface area contributed by atoms with Gasteiger partial charge in [-0.15, -0.1) is 0 Å². The molecule has 1 aromatic carbocycles. The number of hydrogen-bond acceptors (Lipinski definition) is 5. The number of carbonyl (C=O) groups is 1. The number of carboxylic acid groups (broad SMARTS) is 1. The molecule has 0 aliphatic rings. The van der Waals surface area contributed by atoms with Gasteiger partial charge >= 0.3 is 5.97 Å². The summed E-state index contributed by atoms with van der Waals surface area (Å²) >= 11 is 0. The highest BCUT2D eigenvalue weighted by Crippen LogP contribution is 2.14. The van der Waals surface area contributed by atoms with Gasteiger partial charge < -0.3 is 5.11 Å². The number of aromatic carboxylic acids is 1. The van der Waals surface area contributed by atoms with Gasteiger partial charge in [-0.3, -0.25) is 0 Å². The molecule has 1 aromatic heterocycles. The summed E-state index contributed by atoms with van der Waals surface area (Å²) in [6, 6.07) is 8.00. The number of benzene rings is 1. The van der Waals surface area contributed by atoms with Gasteiger partial charge in [0.2, 0.25) is 10.0 Å². The molecule has 0 aliphatic carbocycles. The van der Waals surface area contributed by atoms with E-state index in [4.69, 9.17) is 5.11 Å². The highest BCUT2D eigenvalue weighted by molar-refractivity contribution is 7.89. The first-order valence-corrected chi connectivity index (χ1v) is 7.41. The Kier molecular flexibility index (Phi) is 4.29. The molecule has 0 atom stereocenters. The van der Waals surface area contributed by atoms with Crippen molar-refractivity contribution in [3.8, 4) is 0 Å². The normalized spacial score (nSPS) is 11.5. The van der Waals surface area contributed by atoms with Crippen molar-refractivity contribution in [2.75, 3.05) is 7.05 Å². The fraction of sp³-hybridized carbons (Fsp3) is 0.154. The predicted molar refractivity (Wildman–Crippen MR) is 74.1 cm³/mol. The van der Waals surface area contributed by atoms with Gasteiger partial charge in [0.15, 0.2) is 0 Å². The van der Waals surface area contributed by atoms with E-state index in [9.17, 15) is 13.2 Å². The maximum atomic E-state index is 12.3. The van der Waals surface area contributed by atoms with Crippen LogP contribution in [0.5, 0.6) is 0 Å². The lowest BCUT2D eigenvalue weighted by atomic mass is 10.3. The first kappa shape index (κ1) is 15.1. The summed E-state index contributed by atoms with van der Waals surface area (Å²) < 4.78 is 25.7. The third-order valence-electron chi connectivity index (χ3n) is 2.77. The van der Waals surface area contributed by atoms with E-state index in [-0.39, 0.29) is 22.8 Å². The third kappa shape index (κ3) is 3.41. The van der Waals surface area contributed by atoms with E-state index in [1.165, 1.54) is 19.2 Å². The molecule has 0 saturated carbocycles. The van der Waals surface area contributed by atoms with Crippen LogP contribution in [0.2, 0.25) is 0 Å². The fourth-order valence-electron chi connectivity index (χ4n) is 1.60. The average molecular weight is 307 g/mol. The molecule has 0 radical (unpaired) electrons.